The van der Waals surface area contributed by atoms with Crippen LogP contribution in [0.4, 0.5) is 20.6 Å². The molecular weight excluding hydrogens is 307 g/mol. The summed E-state index contributed by atoms with van der Waals surface area (Å²) in [5, 5.41) is 5.36. The summed E-state index contributed by atoms with van der Waals surface area (Å²) in [4.78, 5) is 12.1. The molecule has 120 valence electrons. The zero-order valence-corrected chi connectivity index (χ0v) is 12.7. The molecule has 0 fully saturated rings. The molecule has 3 rings (SSSR count). The molecule has 0 atom stereocenters. The van der Waals surface area contributed by atoms with Crippen LogP contribution < -0.4 is 15.4 Å². The second-order valence-electron chi connectivity index (χ2n) is 5.00. The van der Waals surface area contributed by atoms with Crippen molar-refractivity contribution in [1.82, 2.24) is 0 Å². The molecule has 24 heavy (non-hydrogen) atoms. The van der Waals surface area contributed by atoms with Gasteiger partial charge in [-0.2, -0.15) is 0 Å². The summed E-state index contributed by atoms with van der Waals surface area (Å²) >= 11 is 0. The van der Waals surface area contributed by atoms with Gasteiger partial charge in [0.25, 0.3) is 0 Å². The highest BCUT2D eigenvalue weighted by Crippen LogP contribution is 2.29. The number of amides is 2. The van der Waals surface area contributed by atoms with Crippen molar-refractivity contribution >= 4 is 17.4 Å². The van der Waals surface area contributed by atoms with Gasteiger partial charge in [0.1, 0.15) is 11.6 Å². The molecule has 2 amide bonds. The fourth-order valence-corrected chi connectivity index (χ4v) is 2.09. The number of nitrogens with one attached hydrogen (secondary N) is 2. The molecule has 5 heteroatoms. The van der Waals surface area contributed by atoms with E-state index in [2.05, 4.69) is 10.6 Å². The third kappa shape index (κ3) is 4.10. The Bertz CT molecular complexity index is 820. The van der Waals surface area contributed by atoms with Crippen LogP contribution >= 0.6 is 0 Å². The highest BCUT2D eigenvalue weighted by molar-refractivity contribution is 6.00. The summed E-state index contributed by atoms with van der Waals surface area (Å²) in [5.41, 5.74) is 1.02. The predicted molar refractivity (Wildman–Crippen MR) is 92.0 cm³/mol. The lowest BCUT2D eigenvalue weighted by molar-refractivity contribution is 0.262. The summed E-state index contributed by atoms with van der Waals surface area (Å²) in [5.74, 6) is 0.839. The molecule has 0 spiro atoms. The number of anilines is 2. The Labute approximate surface area is 138 Å². The monoisotopic (exact) mass is 322 g/mol. The average Bonchev–Trinajstić information content (AvgIpc) is 2.60. The Morgan fingerprint density at radius 3 is 2.21 bits per heavy atom. The largest absolute Gasteiger partial charge is 0.455 e. The van der Waals surface area contributed by atoms with Gasteiger partial charge in [-0.15, -0.1) is 0 Å². The van der Waals surface area contributed by atoms with Crippen LogP contribution in [0.3, 0.4) is 0 Å². The minimum absolute atomic E-state index is 0.359. The van der Waals surface area contributed by atoms with Crippen molar-refractivity contribution in [2.45, 2.75) is 0 Å². The van der Waals surface area contributed by atoms with Gasteiger partial charge in [0.15, 0.2) is 5.75 Å². The molecule has 0 aliphatic rings. The van der Waals surface area contributed by atoms with Crippen LogP contribution in [0.15, 0.2) is 78.9 Å². The molecule has 2 N–H and O–H groups in total. The molecule has 3 aromatic carbocycles. The maximum atomic E-state index is 12.9. The van der Waals surface area contributed by atoms with Crippen LogP contribution in [0.2, 0.25) is 0 Å². The third-order valence-corrected chi connectivity index (χ3v) is 3.21. The molecule has 0 aliphatic heterocycles. The maximum Gasteiger partial charge on any atom is 0.323 e. The Morgan fingerprint density at radius 2 is 1.46 bits per heavy atom. The van der Waals surface area contributed by atoms with Crippen molar-refractivity contribution in [3.63, 3.8) is 0 Å². The van der Waals surface area contributed by atoms with Gasteiger partial charge in [-0.25, -0.2) is 9.18 Å². The Hall–Kier alpha value is -3.34. The topological polar surface area (TPSA) is 50.4 Å². The number of benzene rings is 3. The first-order valence-electron chi connectivity index (χ1n) is 7.36. The van der Waals surface area contributed by atoms with Crippen LogP contribution in [0.5, 0.6) is 11.5 Å². The minimum Gasteiger partial charge on any atom is -0.455 e. The molecule has 0 saturated heterocycles. The van der Waals surface area contributed by atoms with E-state index in [1.807, 2.05) is 36.4 Å². The highest BCUT2D eigenvalue weighted by atomic mass is 19.1. The number of rotatable bonds is 4. The molecule has 0 radical (unpaired) electrons. The van der Waals surface area contributed by atoms with E-state index >= 15 is 0 Å². The van der Waals surface area contributed by atoms with Gasteiger partial charge in [0.2, 0.25) is 0 Å². The summed E-state index contributed by atoms with van der Waals surface area (Å²) < 4.78 is 18.7. The van der Waals surface area contributed by atoms with Gasteiger partial charge >= 0.3 is 6.03 Å². The molecule has 0 heterocycles. The van der Waals surface area contributed by atoms with Gasteiger partial charge in [-0.1, -0.05) is 30.3 Å². The van der Waals surface area contributed by atoms with Crippen molar-refractivity contribution in [2.75, 3.05) is 10.6 Å². The van der Waals surface area contributed by atoms with E-state index in [-0.39, 0.29) is 5.82 Å². The van der Waals surface area contributed by atoms with E-state index in [0.29, 0.717) is 22.9 Å². The second-order valence-corrected chi connectivity index (χ2v) is 5.00. The summed E-state index contributed by atoms with van der Waals surface area (Å²) in [6.45, 7) is 0. The zero-order chi connectivity index (χ0) is 16.8. The summed E-state index contributed by atoms with van der Waals surface area (Å²) in [6.07, 6.45) is 0. The highest BCUT2D eigenvalue weighted by Gasteiger charge is 2.08. The number of halogens is 1. The number of ether oxygens (including phenoxy) is 1. The molecule has 4 nitrogen and oxygen atoms in total. The number of urea groups is 1. The number of carbonyl (C=O) groups is 1. The maximum absolute atomic E-state index is 12.9. The van der Waals surface area contributed by atoms with E-state index in [4.69, 9.17) is 4.74 Å². The van der Waals surface area contributed by atoms with Crippen molar-refractivity contribution < 1.29 is 13.9 Å². The van der Waals surface area contributed by atoms with Gasteiger partial charge < -0.3 is 15.4 Å². The van der Waals surface area contributed by atoms with E-state index < -0.39 is 6.03 Å². The van der Waals surface area contributed by atoms with Crippen molar-refractivity contribution in [2.24, 2.45) is 0 Å². The minimum atomic E-state index is -0.439. The first-order valence-corrected chi connectivity index (χ1v) is 7.36. The second kappa shape index (κ2) is 7.28. The number of hydrogen-bond acceptors (Lipinski definition) is 2. The normalized spacial score (nSPS) is 10.0. The van der Waals surface area contributed by atoms with E-state index in [1.165, 1.54) is 24.3 Å². The van der Waals surface area contributed by atoms with Crippen LogP contribution in [0.1, 0.15) is 0 Å². The Morgan fingerprint density at radius 1 is 0.792 bits per heavy atom. The van der Waals surface area contributed by atoms with Crippen LogP contribution in [0, 0.1) is 5.82 Å². The number of carbonyl (C=O) groups excluding carboxylic acids is 1. The van der Waals surface area contributed by atoms with Crippen LogP contribution in [-0.2, 0) is 0 Å². The number of para-hydroxylation sites is 3. The van der Waals surface area contributed by atoms with Gasteiger partial charge in [0, 0.05) is 5.69 Å². The van der Waals surface area contributed by atoms with E-state index in [1.54, 1.807) is 18.2 Å². The van der Waals surface area contributed by atoms with Crippen molar-refractivity contribution in [1.29, 1.82) is 0 Å². The third-order valence-electron chi connectivity index (χ3n) is 3.21. The Kier molecular flexibility index (Phi) is 4.72. The van der Waals surface area contributed by atoms with Gasteiger partial charge in [-0.3, -0.25) is 0 Å². The lowest BCUT2D eigenvalue weighted by Crippen LogP contribution is -2.19. The van der Waals surface area contributed by atoms with E-state index in [9.17, 15) is 9.18 Å². The quantitative estimate of drug-likeness (QED) is 0.688. The molecule has 0 aromatic heterocycles. The average molecular weight is 322 g/mol. The first-order chi connectivity index (χ1) is 11.7. The summed E-state index contributed by atoms with van der Waals surface area (Å²) in [6, 6.07) is 21.5. The summed E-state index contributed by atoms with van der Waals surface area (Å²) in [7, 11) is 0. The first kappa shape index (κ1) is 15.6. The van der Waals surface area contributed by atoms with Crippen molar-refractivity contribution in [3.8, 4) is 11.5 Å². The Balaban J connectivity index is 1.70. The van der Waals surface area contributed by atoms with Crippen LogP contribution in [0.25, 0.3) is 0 Å². The molecular formula is C19H15FN2O2. The lowest BCUT2D eigenvalue weighted by atomic mass is 10.3. The van der Waals surface area contributed by atoms with Gasteiger partial charge in [0.05, 0.1) is 5.69 Å². The van der Waals surface area contributed by atoms with Gasteiger partial charge in [-0.05, 0) is 48.5 Å². The fourth-order valence-electron chi connectivity index (χ4n) is 2.09. The number of hydrogen-bond donors (Lipinski definition) is 2. The molecule has 3 aromatic rings. The van der Waals surface area contributed by atoms with Crippen molar-refractivity contribution in [3.05, 3.63) is 84.7 Å². The molecule has 0 saturated carbocycles. The molecule has 0 unspecified atom stereocenters. The molecule has 0 bridgehead atoms. The SMILES string of the molecule is O=C(Nc1ccc(F)cc1)Nc1ccccc1Oc1ccccc1. The smallest absolute Gasteiger partial charge is 0.323 e. The standard InChI is InChI=1S/C19H15FN2O2/c20-14-10-12-15(13-11-14)21-19(23)22-17-8-4-5-9-18(17)24-16-6-2-1-3-7-16/h1-13H,(H2,21,22,23). The van der Waals surface area contributed by atoms with E-state index in [0.717, 1.165) is 0 Å². The van der Waals surface area contributed by atoms with Crippen LogP contribution in [-0.4, -0.2) is 6.03 Å². The molecule has 0 aliphatic carbocycles. The predicted octanol–water partition coefficient (Wildman–Crippen LogP) is 5.26. The zero-order valence-electron chi connectivity index (χ0n) is 12.7. The fraction of sp³-hybridized carbons (Fsp3) is 0. The lowest BCUT2D eigenvalue weighted by Gasteiger charge is -2.13.